The molecule has 0 aliphatic carbocycles. The zero-order valence-electron chi connectivity index (χ0n) is 14.0. The molecule has 1 unspecified atom stereocenters. The first kappa shape index (κ1) is 14.9. The largest absolute Gasteiger partial charge is 0.335 e. The number of fused-ring (bicyclic) bond motifs is 1. The van der Waals surface area contributed by atoms with Gasteiger partial charge in [-0.1, -0.05) is 6.07 Å². The molecule has 3 aromatic heterocycles. The van der Waals surface area contributed by atoms with E-state index in [9.17, 15) is 4.79 Å². The summed E-state index contributed by atoms with van der Waals surface area (Å²) in [5.74, 6) is 0.141. The third kappa shape index (κ3) is 2.58. The normalized spacial score (nSPS) is 17.8. The Labute approximate surface area is 140 Å². The van der Waals surface area contributed by atoms with Gasteiger partial charge in [0.25, 0.3) is 0 Å². The van der Waals surface area contributed by atoms with Gasteiger partial charge in [0.2, 0.25) is 5.91 Å². The zero-order valence-corrected chi connectivity index (χ0v) is 14.0. The molecule has 1 fully saturated rings. The summed E-state index contributed by atoms with van der Waals surface area (Å²) in [6.07, 6.45) is 10.2. The van der Waals surface area contributed by atoms with Gasteiger partial charge in [0.05, 0.1) is 24.4 Å². The Hall–Kier alpha value is -2.63. The summed E-state index contributed by atoms with van der Waals surface area (Å²) in [7, 11) is 1.91. The highest BCUT2D eigenvalue weighted by molar-refractivity contribution is 5.79. The molecule has 4 heterocycles. The summed E-state index contributed by atoms with van der Waals surface area (Å²) >= 11 is 0. The second kappa shape index (κ2) is 5.78. The van der Waals surface area contributed by atoms with Crippen molar-refractivity contribution in [2.75, 3.05) is 6.54 Å². The lowest BCUT2D eigenvalue weighted by Gasteiger charge is -2.23. The summed E-state index contributed by atoms with van der Waals surface area (Å²) in [5, 5.41) is 4.24. The fourth-order valence-corrected chi connectivity index (χ4v) is 3.57. The van der Waals surface area contributed by atoms with E-state index >= 15 is 0 Å². The molecule has 0 bridgehead atoms. The molecule has 1 amide bonds. The van der Waals surface area contributed by atoms with Crippen LogP contribution in [0.5, 0.6) is 0 Å². The second-order valence-electron chi connectivity index (χ2n) is 6.52. The van der Waals surface area contributed by atoms with Gasteiger partial charge in [-0.3, -0.25) is 9.48 Å². The number of imidazole rings is 1. The minimum Gasteiger partial charge on any atom is -0.335 e. The molecule has 0 aromatic carbocycles. The standard InChI is InChI=1S/C18H21N5O/c1-13-5-3-7-22-12-15(20-18(13)22)9-17(24)23-8-4-6-16(23)14-10-19-21(2)11-14/h3,5,7,10-12,16H,4,6,8-9H2,1-2H3. The number of aryl methyl sites for hydroxylation is 2. The molecule has 0 saturated carbocycles. The van der Waals surface area contributed by atoms with Crippen molar-refractivity contribution in [1.29, 1.82) is 0 Å². The van der Waals surface area contributed by atoms with E-state index in [0.29, 0.717) is 6.42 Å². The third-order valence-corrected chi connectivity index (χ3v) is 4.74. The van der Waals surface area contributed by atoms with Gasteiger partial charge in [-0.15, -0.1) is 0 Å². The molecule has 0 radical (unpaired) electrons. The summed E-state index contributed by atoms with van der Waals surface area (Å²) in [4.78, 5) is 19.4. The van der Waals surface area contributed by atoms with Crippen LogP contribution in [0.15, 0.2) is 36.9 Å². The molecular weight excluding hydrogens is 302 g/mol. The van der Waals surface area contributed by atoms with Gasteiger partial charge in [0, 0.05) is 37.7 Å². The molecular formula is C18H21N5O. The van der Waals surface area contributed by atoms with Gasteiger partial charge in [-0.2, -0.15) is 5.10 Å². The molecule has 1 saturated heterocycles. The first-order chi connectivity index (χ1) is 11.6. The van der Waals surface area contributed by atoms with Gasteiger partial charge in [-0.25, -0.2) is 4.98 Å². The van der Waals surface area contributed by atoms with Crippen molar-refractivity contribution in [3.05, 3.63) is 53.7 Å². The Morgan fingerprint density at radius 2 is 2.25 bits per heavy atom. The number of carbonyl (C=O) groups is 1. The Balaban J connectivity index is 1.55. The minimum atomic E-state index is 0.141. The fourth-order valence-electron chi connectivity index (χ4n) is 3.57. The molecule has 6 heteroatoms. The molecule has 1 atom stereocenters. The average Bonchev–Trinajstić information content (AvgIpc) is 3.25. The topological polar surface area (TPSA) is 55.4 Å². The number of carbonyl (C=O) groups excluding carboxylic acids is 1. The van der Waals surface area contributed by atoms with Crippen molar-refractivity contribution >= 4 is 11.6 Å². The van der Waals surface area contributed by atoms with Crippen molar-refractivity contribution in [3.63, 3.8) is 0 Å². The van der Waals surface area contributed by atoms with Crippen molar-refractivity contribution in [2.24, 2.45) is 7.05 Å². The maximum atomic E-state index is 12.8. The van der Waals surface area contributed by atoms with E-state index < -0.39 is 0 Å². The number of hydrogen-bond acceptors (Lipinski definition) is 3. The second-order valence-corrected chi connectivity index (χ2v) is 6.52. The maximum absolute atomic E-state index is 12.8. The maximum Gasteiger partial charge on any atom is 0.229 e. The van der Waals surface area contributed by atoms with E-state index in [1.807, 2.05) is 60.2 Å². The fraction of sp³-hybridized carbons (Fsp3) is 0.389. The molecule has 4 rings (SSSR count). The molecule has 1 aliphatic rings. The highest BCUT2D eigenvalue weighted by Gasteiger charge is 2.30. The van der Waals surface area contributed by atoms with Crippen molar-refractivity contribution in [2.45, 2.75) is 32.2 Å². The van der Waals surface area contributed by atoms with Crippen molar-refractivity contribution in [1.82, 2.24) is 24.1 Å². The van der Waals surface area contributed by atoms with Crippen LogP contribution in [0.3, 0.4) is 0 Å². The Bertz CT molecular complexity index is 894. The summed E-state index contributed by atoms with van der Waals surface area (Å²) in [5.41, 5.74) is 3.98. The van der Waals surface area contributed by atoms with Gasteiger partial charge >= 0.3 is 0 Å². The van der Waals surface area contributed by atoms with Crippen LogP contribution in [0.1, 0.15) is 35.7 Å². The summed E-state index contributed by atoms with van der Waals surface area (Å²) in [6.45, 7) is 2.84. The Morgan fingerprint density at radius 3 is 3.00 bits per heavy atom. The number of hydrogen-bond donors (Lipinski definition) is 0. The minimum absolute atomic E-state index is 0.141. The molecule has 3 aromatic rings. The molecule has 24 heavy (non-hydrogen) atoms. The van der Waals surface area contributed by atoms with Crippen molar-refractivity contribution in [3.8, 4) is 0 Å². The number of aromatic nitrogens is 4. The molecule has 0 N–H and O–H groups in total. The van der Waals surface area contributed by atoms with Crippen LogP contribution in [-0.2, 0) is 18.3 Å². The lowest BCUT2D eigenvalue weighted by molar-refractivity contribution is -0.131. The average molecular weight is 323 g/mol. The smallest absolute Gasteiger partial charge is 0.229 e. The van der Waals surface area contributed by atoms with Crippen LogP contribution in [-0.4, -0.2) is 36.5 Å². The first-order valence-corrected chi connectivity index (χ1v) is 8.33. The van der Waals surface area contributed by atoms with E-state index in [-0.39, 0.29) is 11.9 Å². The molecule has 0 spiro atoms. The van der Waals surface area contributed by atoms with Crippen LogP contribution in [0.2, 0.25) is 0 Å². The van der Waals surface area contributed by atoms with Gasteiger partial charge < -0.3 is 9.30 Å². The van der Waals surface area contributed by atoms with Crippen LogP contribution >= 0.6 is 0 Å². The predicted octanol–water partition coefficient (Wildman–Crippen LogP) is 2.28. The van der Waals surface area contributed by atoms with E-state index in [0.717, 1.165) is 41.9 Å². The van der Waals surface area contributed by atoms with E-state index in [4.69, 9.17) is 0 Å². The Kier molecular flexibility index (Phi) is 3.59. The Morgan fingerprint density at radius 1 is 1.38 bits per heavy atom. The van der Waals surface area contributed by atoms with E-state index in [1.165, 1.54) is 0 Å². The highest BCUT2D eigenvalue weighted by atomic mass is 16.2. The van der Waals surface area contributed by atoms with Gasteiger partial charge in [0.1, 0.15) is 5.65 Å². The summed E-state index contributed by atoms with van der Waals surface area (Å²) < 4.78 is 3.78. The highest BCUT2D eigenvalue weighted by Crippen LogP contribution is 2.32. The quantitative estimate of drug-likeness (QED) is 0.743. The lowest BCUT2D eigenvalue weighted by atomic mass is 10.1. The van der Waals surface area contributed by atoms with Crippen LogP contribution in [0.25, 0.3) is 5.65 Å². The van der Waals surface area contributed by atoms with Crippen LogP contribution in [0.4, 0.5) is 0 Å². The van der Waals surface area contributed by atoms with Crippen LogP contribution in [0, 0.1) is 6.92 Å². The third-order valence-electron chi connectivity index (χ3n) is 4.74. The molecule has 124 valence electrons. The lowest BCUT2D eigenvalue weighted by Crippen LogP contribution is -2.31. The predicted molar refractivity (Wildman–Crippen MR) is 90.5 cm³/mol. The number of nitrogens with zero attached hydrogens (tertiary/aromatic N) is 5. The van der Waals surface area contributed by atoms with Gasteiger partial charge in [0.15, 0.2) is 0 Å². The first-order valence-electron chi connectivity index (χ1n) is 8.33. The van der Waals surface area contributed by atoms with E-state index in [1.54, 1.807) is 4.68 Å². The van der Waals surface area contributed by atoms with Crippen LogP contribution < -0.4 is 0 Å². The van der Waals surface area contributed by atoms with E-state index in [2.05, 4.69) is 10.1 Å². The van der Waals surface area contributed by atoms with Crippen molar-refractivity contribution < 1.29 is 4.79 Å². The monoisotopic (exact) mass is 323 g/mol. The SMILES string of the molecule is Cc1cccn2cc(CC(=O)N3CCCC3c3cnn(C)c3)nc12. The summed E-state index contributed by atoms with van der Waals surface area (Å²) in [6, 6.07) is 4.17. The zero-order chi connectivity index (χ0) is 16.7. The number of amides is 1. The molecule has 1 aliphatic heterocycles. The number of rotatable bonds is 3. The van der Waals surface area contributed by atoms with Gasteiger partial charge in [-0.05, 0) is 31.4 Å². The number of pyridine rings is 1. The molecule has 6 nitrogen and oxygen atoms in total. The number of likely N-dealkylation sites (tertiary alicyclic amines) is 1.